The van der Waals surface area contributed by atoms with Gasteiger partial charge in [-0.1, -0.05) is 28.7 Å². The topological polar surface area (TPSA) is 29.5 Å². The van der Waals surface area contributed by atoms with Gasteiger partial charge in [0, 0.05) is 18.3 Å². The first-order chi connectivity index (χ1) is 8.37. The van der Waals surface area contributed by atoms with Crippen molar-refractivity contribution in [3.05, 3.63) is 24.3 Å². The summed E-state index contributed by atoms with van der Waals surface area (Å²) in [6.07, 6.45) is -4.02. The second-order valence-electron chi connectivity index (χ2n) is 3.79. The zero-order chi connectivity index (χ0) is 13.3. The molecule has 1 aliphatic rings. The molecule has 7 heteroatoms. The third-order valence-corrected chi connectivity index (χ3v) is 3.66. The number of halogens is 4. The Bertz CT molecular complexity index is 464. The van der Waals surface area contributed by atoms with Crippen LogP contribution in [0.15, 0.2) is 24.3 Å². The molecule has 0 spiro atoms. The van der Waals surface area contributed by atoms with Crippen molar-refractivity contribution in [2.24, 2.45) is 0 Å². The summed E-state index contributed by atoms with van der Waals surface area (Å²) in [4.78, 5) is 13.2. The number of nitrogens with zero attached hydrogens (tertiary/aromatic N) is 1. The lowest BCUT2D eigenvalue weighted by Crippen LogP contribution is -2.27. The highest BCUT2D eigenvalue weighted by molar-refractivity contribution is 14.1. The summed E-state index contributed by atoms with van der Waals surface area (Å²) in [6.45, 7) is 0.516. The Balaban J connectivity index is 2.20. The van der Waals surface area contributed by atoms with Crippen LogP contribution in [0.1, 0.15) is 6.42 Å². The van der Waals surface area contributed by atoms with E-state index in [4.69, 9.17) is 0 Å². The Morgan fingerprint density at radius 2 is 2.11 bits per heavy atom. The molecule has 0 bridgehead atoms. The molecule has 98 valence electrons. The summed E-state index contributed by atoms with van der Waals surface area (Å²) in [5, 5.41) is 0. The zero-order valence-electron chi connectivity index (χ0n) is 9.08. The van der Waals surface area contributed by atoms with Gasteiger partial charge in [0.25, 0.3) is 0 Å². The Hall–Kier alpha value is -0.990. The first-order valence-corrected chi connectivity index (χ1v) is 6.42. The Labute approximate surface area is 115 Å². The quantitative estimate of drug-likeness (QED) is 0.591. The molecule has 0 aliphatic carbocycles. The molecule has 1 aliphatic heterocycles. The van der Waals surface area contributed by atoms with Crippen molar-refractivity contribution in [1.82, 2.24) is 0 Å². The predicted octanol–water partition coefficient (Wildman–Crippen LogP) is 3.13. The third kappa shape index (κ3) is 3.06. The number of amides is 1. The van der Waals surface area contributed by atoms with E-state index in [9.17, 15) is 18.0 Å². The molecule has 0 N–H and O–H groups in total. The number of carbonyl (C=O) groups excluding carboxylic acids is 1. The van der Waals surface area contributed by atoms with E-state index in [-0.39, 0.29) is 15.6 Å². The van der Waals surface area contributed by atoms with Gasteiger partial charge < -0.3 is 9.64 Å². The van der Waals surface area contributed by atoms with E-state index < -0.39 is 6.36 Å². The number of anilines is 1. The van der Waals surface area contributed by atoms with Crippen molar-refractivity contribution in [1.29, 1.82) is 0 Å². The van der Waals surface area contributed by atoms with Gasteiger partial charge in [-0.05, 0) is 18.6 Å². The average molecular weight is 371 g/mol. The minimum absolute atomic E-state index is 0.0836. The van der Waals surface area contributed by atoms with Crippen LogP contribution in [0.3, 0.4) is 0 Å². The first kappa shape index (κ1) is 13.4. The molecule has 1 aromatic rings. The predicted molar refractivity (Wildman–Crippen MR) is 67.9 cm³/mol. The zero-order valence-corrected chi connectivity index (χ0v) is 11.2. The maximum Gasteiger partial charge on any atom is 0.573 e. The van der Waals surface area contributed by atoms with Gasteiger partial charge in [-0.15, -0.1) is 13.2 Å². The highest BCUT2D eigenvalue weighted by Gasteiger charge is 2.33. The second-order valence-corrected chi connectivity index (χ2v) is 5.29. The fourth-order valence-electron chi connectivity index (χ4n) is 1.75. The Morgan fingerprint density at radius 3 is 2.67 bits per heavy atom. The van der Waals surface area contributed by atoms with Crippen LogP contribution in [-0.4, -0.2) is 22.7 Å². The van der Waals surface area contributed by atoms with Crippen LogP contribution in [0, 0.1) is 0 Å². The van der Waals surface area contributed by atoms with Gasteiger partial charge in [0.1, 0.15) is 5.75 Å². The number of rotatable bonds is 2. The summed E-state index contributed by atoms with van der Waals surface area (Å²) >= 11 is 2.03. The number of hydrogen-bond acceptors (Lipinski definition) is 2. The molecule has 1 amide bonds. The van der Waals surface area contributed by atoms with Crippen LogP contribution >= 0.6 is 22.6 Å². The normalized spacial score (nSPS) is 20.3. The summed E-state index contributed by atoms with van der Waals surface area (Å²) in [7, 11) is 0. The highest BCUT2D eigenvalue weighted by atomic mass is 127. The number of carbonyl (C=O) groups is 1. The van der Waals surface area contributed by atoms with Crippen LogP contribution in [0.25, 0.3) is 0 Å². The summed E-state index contributed by atoms with van der Waals surface area (Å²) in [5.74, 6) is -0.399. The fraction of sp³-hybridized carbons (Fsp3) is 0.364. The van der Waals surface area contributed by atoms with E-state index in [1.54, 1.807) is 6.07 Å². The molecular weight excluding hydrogens is 362 g/mol. The average Bonchev–Trinajstić information content (AvgIpc) is 2.58. The molecule has 3 nitrogen and oxygen atoms in total. The molecule has 1 atom stereocenters. The maximum atomic E-state index is 12.1. The van der Waals surface area contributed by atoms with Crippen LogP contribution in [0.2, 0.25) is 0 Å². The van der Waals surface area contributed by atoms with Crippen LogP contribution in [0.5, 0.6) is 5.75 Å². The molecule has 1 fully saturated rings. The van der Waals surface area contributed by atoms with Gasteiger partial charge in [0.2, 0.25) is 5.91 Å². The SMILES string of the molecule is O=C1C(I)CCN1c1cccc(OC(F)(F)F)c1. The van der Waals surface area contributed by atoms with Gasteiger partial charge in [-0.25, -0.2) is 0 Å². The van der Waals surface area contributed by atoms with Crippen LogP contribution in [-0.2, 0) is 4.79 Å². The molecule has 1 aromatic carbocycles. The summed E-state index contributed by atoms with van der Waals surface area (Å²) in [6, 6.07) is 5.46. The van der Waals surface area contributed by atoms with E-state index >= 15 is 0 Å². The van der Waals surface area contributed by atoms with E-state index in [1.807, 2.05) is 22.6 Å². The van der Waals surface area contributed by atoms with Gasteiger partial charge in [-0.2, -0.15) is 0 Å². The standard InChI is InChI=1S/C11H9F3INO2/c12-11(13,14)18-8-3-1-2-7(6-8)16-5-4-9(15)10(16)17/h1-3,6,9H,4-5H2. The lowest BCUT2D eigenvalue weighted by molar-refractivity contribution is -0.274. The van der Waals surface area contributed by atoms with Crippen molar-refractivity contribution >= 4 is 34.2 Å². The molecule has 2 rings (SSSR count). The van der Waals surface area contributed by atoms with E-state index in [1.165, 1.54) is 23.1 Å². The minimum Gasteiger partial charge on any atom is -0.406 e. The third-order valence-electron chi connectivity index (χ3n) is 2.50. The number of ether oxygens (including phenoxy) is 1. The Kier molecular flexibility index (Phi) is 3.69. The maximum absolute atomic E-state index is 12.1. The largest absolute Gasteiger partial charge is 0.573 e. The molecule has 18 heavy (non-hydrogen) atoms. The van der Waals surface area contributed by atoms with Gasteiger partial charge in [0.15, 0.2) is 0 Å². The highest BCUT2D eigenvalue weighted by Crippen LogP contribution is 2.30. The molecule has 1 heterocycles. The molecule has 0 saturated carbocycles. The van der Waals surface area contributed by atoms with E-state index in [0.717, 1.165) is 0 Å². The van der Waals surface area contributed by atoms with E-state index in [0.29, 0.717) is 18.7 Å². The smallest absolute Gasteiger partial charge is 0.406 e. The number of benzene rings is 1. The molecule has 0 aromatic heterocycles. The van der Waals surface area contributed by atoms with Crippen molar-refractivity contribution in [2.45, 2.75) is 16.7 Å². The molecule has 0 radical (unpaired) electrons. The van der Waals surface area contributed by atoms with Gasteiger partial charge in [0.05, 0.1) is 3.92 Å². The molecule has 1 unspecified atom stereocenters. The monoisotopic (exact) mass is 371 g/mol. The number of hydrogen-bond donors (Lipinski definition) is 0. The number of alkyl halides is 4. The lowest BCUT2D eigenvalue weighted by Gasteiger charge is -2.17. The van der Waals surface area contributed by atoms with E-state index in [2.05, 4.69) is 4.74 Å². The van der Waals surface area contributed by atoms with Crippen molar-refractivity contribution in [2.75, 3.05) is 11.4 Å². The second kappa shape index (κ2) is 4.94. The minimum atomic E-state index is -4.72. The molecular formula is C11H9F3INO2. The lowest BCUT2D eigenvalue weighted by atomic mass is 10.3. The Morgan fingerprint density at radius 1 is 1.39 bits per heavy atom. The fourth-order valence-corrected chi connectivity index (χ4v) is 2.36. The summed E-state index contributed by atoms with van der Waals surface area (Å²) in [5.41, 5.74) is 0.431. The first-order valence-electron chi connectivity index (χ1n) is 5.18. The van der Waals surface area contributed by atoms with Gasteiger partial charge >= 0.3 is 6.36 Å². The van der Waals surface area contributed by atoms with Crippen molar-refractivity contribution in [3.63, 3.8) is 0 Å². The van der Waals surface area contributed by atoms with Crippen LogP contribution < -0.4 is 9.64 Å². The molecule has 1 saturated heterocycles. The summed E-state index contributed by atoms with van der Waals surface area (Å²) < 4.78 is 40.0. The van der Waals surface area contributed by atoms with Crippen LogP contribution in [0.4, 0.5) is 18.9 Å². The van der Waals surface area contributed by atoms with Gasteiger partial charge in [-0.3, -0.25) is 4.79 Å². The van der Waals surface area contributed by atoms with Crippen molar-refractivity contribution < 1.29 is 22.7 Å². The van der Waals surface area contributed by atoms with Crippen molar-refractivity contribution in [3.8, 4) is 5.75 Å².